The van der Waals surface area contributed by atoms with Gasteiger partial charge in [0.1, 0.15) is 5.82 Å². The lowest BCUT2D eigenvalue weighted by Crippen LogP contribution is -2.29. The Kier molecular flexibility index (Phi) is 9.23. The average molecular weight is 459 g/mol. The van der Waals surface area contributed by atoms with E-state index in [1.807, 2.05) is 0 Å². The second-order valence-electron chi connectivity index (χ2n) is 6.11. The van der Waals surface area contributed by atoms with Crippen molar-refractivity contribution in [2.75, 3.05) is 26.0 Å². The molecule has 2 rings (SSSR count). The van der Waals surface area contributed by atoms with E-state index in [0.29, 0.717) is 29.2 Å². The second kappa shape index (κ2) is 11.4. The topological polar surface area (TPSA) is 67.4 Å². The smallest absolute Gasteiger partial charge is 0.252 e. The second-order valence-corrected chi connectivity index (χ2v) is 7.94. The SMILES string of the molecule is COCCNC(=O)CSc1ccccc1C(=O)NC(C)c1cc(F)c(Cl)cc1Cl. The molecule has 0 bridgehead atoms. The summed E-state index contributed by atoms with van der Waals surface area (Å²) < 4.78 is 18.7. The molecule has 0 heterocycles. The number of carbonyl (C=O) groups is 2. The average Bonchev–Trinajstić information content (AvgIpc) is 2.69. The van der Waals surface area contributed by atoms with Crippen LogP contribution < -0.4 is 10.6 Å². The number of hydrogen-bond acceptors (Lipinski definition) is 4. The van der Waals surface area contributed by atoms with Gasteiger partial charge in [0.2, 0.25) is 5.91 Å². The van der Waals surface area contributed by atoms with Crippen LogP contribution in [0.25, 0.3) is 0 Å². The highest BCUT2D eigenvalue weighted by molar-refractivity contribution is 8.00. The standard InChI is InChI=1S/C20H21Cl2FN2O3S/c1-12(14-9-17(23)16(22)10-15(14)21)25-20(27)13-5-3-4-6-18(13)29-11-19(26)24-7-8-28-2/h3-6,9-10,12H,7-8,11H2,1-2H3,(H,24,26)(H,25,27). The number of hydrogen-bond donors (Lipinski definition) is 2. The molecule has 0 fully saturated rings. The fourth-order valence-corrected chi connectivity index (χ4v) is 3.92. The minimum absolute atomic E-state index is 0.0807. The molecule has 0 radical (unpaired) electrons. The lowest BCUT2D eigenvalue weighted by molar-refractivity contribution is -0.118. The predicted molar refractivity (Wildman–Crippen MR) is 114 cm³/mol. The van der Waals surface area contributed by atoms with Gasteiger partial charge < -0.3 is 15.4 Å². The summed E-state index contributed by atoms with van der Waals surface area (Å²) in [6.07, 6.45) is 0. The highest BCUT2D eigenvalue weighted by Gasteiger charge is 2.18. The van der Waals surface area contributed by atoms with E-state index in [2.05, 4.69) is 10.6 Å². The van der Waals surface area contributed by atoms with Crippen LogP contribution in [0.2, 0.25) is 10.0 Å². The van der Waals surface area contributed by atoms with Crippen molar-refractivity contribution in [2.24, 2.45) is 0 Å². The van der Waals surface area contributed by atoms with Gasteiger partial charge in [0.25, 0.3) is 5.91 Å². The number of benzene rings is 2. The minimum atomic E-state index is -0.609. The zero-order chi connectivity index (χ0) is 21.4. The van der Waals surface area contributed by atoms with E-state index in [1.165, 1.54) is 23.9 Å². The molecule has 0 saturated carbocycles. The van der Waals surface area contributed by atoms with Crippen LogP contribution in [-0.4, -0.2) is 37.8 Å². The number of halogens is 3. The maximum Gasteiger partial charge on any atom is 0.252 e. The molecule has 0 saturated heterocycles. The van der Waals surface area contributed by atoms with Gasteiger partial charge in [0.15, 0.2) is 0 Å². The third kappa shape index (κ3) is 6.89. The van der Waals surface area contributed by atoms with Crippen molar-refractivity contribution in [2.45, 2.75) is 17.9 Å². The first-order chi connectivity index (χ1) is 13.8. The van der Waals surface area contributed by atoms with Crippen molar-refractivity contribution in [3.63, 3.8) is 0 Å². The fourth-order valence-electron chi connectivity index (χ4n) is 2.49. The maximum absolute atomic E-state index is 13.8. The fraction of sp³-hybridized carbons (Fsp3) is 0.300. The van der Waals surface area contributed by atoms with Crippen LogP contribution in [0.5, 0.6) is 0 Å². The van der Waals surface area contributed by atoms with Crippen molar-refractivity contribution < 1.29 is 18.7 Å². The Bertz CT molecular complexity index is 883. The summed E-state index contributed by atoms with van der Waals surface area (Å²) in [4.78, 5) is 25.3. The van der Waals surface area contributed by atoms with Gasteiger partial charge in [-0.2, -0.15) is 0 Å². The molecule has 2 aromatic rings. The van der Waals surface area contributed by atoms with Crippen molar-refractivity contribution >= 4 is 46.8 Å². The molecule has 0 aromatic heterocycles. The summed E-state index contributed by atoms with van der Waals surface area (Å²) in [6.45, 7) is 2.56. The molecular weight excluding hydrogens is 438 g/mol. The third-order valence-corrected chi connectivity index (χ3v) is 5.66. The Hall–Kier alpha value is -1.80. The van der Waals surface area contributed by atoms with E-state index in [4.69, 9.17) is 27.9 Å². The number of amides is 2. The molecule has 0 aliphatic rings. The molecule has 9 heteroatoms. The highest BCUT2D eigenvalue weighted by Crippen LogP contribution is 2.29. The molecule has 1 atom stereocenters. The number of methoxy groups -OCH3 is 1. The van der Waals surface area contributed by atoms with Gasteiger partial charge in [-0.3, -0.25) is 9.59 Å². The van der Waals surface area contributed by atoms with Gasteiger partial charge in [-0.15, -0.1) is 11.8 Å². The van der Waals surface area contributed by atoms with E-state index >= 15 is 0 Å². The van der Waals surface area contributed by atoms with E-state index in [1.54, 1.807) is 38.3 Å². The largest absolute Gasteiger partial charge is 0.383 e. The molecule has 156 valence electrons. The van der Waals surface area contributed by atoms with Crippen molar-refractivity contribution in [1.82, 2.24) is 10.6 Å². The minimum Gasteiger partial charge on any atom is -0.383 e. The van der Waals surface area contributed by atoms with Crippen molar-refractivity contribution in [3.8, 4) is 0 Å². The summed E-state index contributed by atoms with van der Waals surface area (Å²) in [5.41, 5.74) is 0.837. The van der Waals surface area contributed by atoms with Crippen LogP contribution in [-0.2, 0) is 9.53 Å². The Morgan fingerprint density at radius 2 is 1.93 bits per heavy atom. The van der Waals surface area contributed by atoms with Crippen LogP contribution in [0.4, 0.5) is 4.39 Å². The molecule has 2 amide bonds. The van der Waals surface area contributed by atoms with Crippen molar-refractivity contribution in [3.05, 3.63) is 63.4 Å². The molecule has 29 heavy (non-hydrogen) atoms. The van der Waals surface area contributed by atoms with Gasteiger partial charge in [-0.25, -0.2) is 4.39 Å². The molecule has 0 spiro atoms. The molecule has 2 N–H and O–H groups in total. The maximum atomic E-state index is 13.8. The van der Waals surface area contributed by atoms with Crippen LogP contribution in [0.15, 0.2) is 41.3 Å². The van der Waals surface area contributed by atoms with E-state index in [9.17, 15) is 14.0 Å². The van der Waals surface area contributed by atoms with Gasteiger partial charge >= 0.3 is 0 Å². The number of thioether (sulfide) groups is 1. The lowest BCUT2D eigenvalue weighted by Gasteiger charge is -2.17. The molecule has 0 aliphatic heterocycles. The van der Waals surface area contributed by atoms with Gasteiger partial charge in [0.05, 0.1) is 29.0 Å². The molecule has 1 unspecified atom stereocenters. The Morgan fingerprint density at radius 3 is 2.66 bits per heavy atom. The number of ether oxygens (including phenoxy) is 1. The first kappa shape index (κ1) is 23.5. The van der Waals surface area contributed by atoms with E-state index in [0.717, 1.165) is 0 Å². The molecule has 2 aromatic carbocycles. The lowest BCUT2D eigenvalue weighted by atomic mass is 10.1. The van der Waals surface area contributed by atoms with E-state index in [-0.39, 0.29) is 27.6 Å². The van der Waals surface area contributed by atoms with Crippen LogP contribution in [0.1, 0.15) is 28.9 Å². The van der Waals surface area contributed by atoms with Gasteiger partial charge in [-0.05, 0) is 36.8 Å². The van der Waals surface area contributed by atoms with Crippen LogP contribution in [0.3, 0.4) is 0 Å². The summed E-state index contributed by atoms with van der Waals surface area (Å²) in [5, 5.41) is 5.72. The monoisotopic (exact) mass is 458 g/mol. The quantitative estimate of drug-likeness (QED) is 0.330. The zero-order valence-electron chi connectivity index (χ0n) is 15.9. The number of nitrogens with one attached hydrogen (secondary N) is 2. The number of rotatable bonds is 9. The molecule has 5 nitrogen and oxygen atoms in total. The van der Waals surface area contributed by atoms with E-state index < -0.39 is 11.9 Å². The predicted octanol–water partition coefficient (Wildman–Crippen LogP) is 4.48. The Morgan fingerprint density at radius 1 is 1.21 bits per heavy atom. The summed E-state index contributed by atoms with van der Waals surface area (Å²) in [5.74, 6) is -0.953. The summed E-state index contributed by atoms with van der Waals surface area (Å²) in [7, 11) is 1.56. The molecule has 0 aliphatic carbocycles. The highest BCUT2D eigenvalue weighted by atomic mass is 35.5. The summed E-state index contributed by atoms with van der Waals surface area (Å²) >= 11 is 13.1. The summed E-state index contributed by atoms with van der Waals surface area (Å²) in [6, 6.07) is 8.92. The van der Waals surface area contributed by atoms with Gasteiger partial charge in [0, 0.05) is 23.6 Å². The first-order valence-electron chi connectivity index (χ1n) is 8.76. The normalized spacial score (nSPS) is 11.8. The Balaban J connectivity index is 2.06. The zero-order valence-corrected chi connectivity index (χ0v) is 18.3. The number of carbonyl (C=O) groups excluding carboxylic acids is 2. The van der Waals surface area contributed by atoms with Crippen LogP contribution in [0, 0.1) is 5.82 Å². The molecular formula is C20H21Cl2FN2O3S. The third-order valence-electron chi connectivity index (χ3n) is 3.97. The van der Waals surface area contributed by atoms with Gasteiger partial charge in [-0.1, -0.05) is 35.3 Å². The van der Waals surface area contributed by atoms with Crippen LogP contribution >= 0.6 is 35.0 Å². The first-order valence-corrected chi connectivity index (χ1v) is 10.5. The van der Waals surface area contributed by atoms with Crippen molar-refractivity contribution in [1.29, 1.82) is 0 Å². The Labute approximate surface area is 183 Å².